The van der Waals surface area contributed by atoms with Crippen molar-refractivity contribution in [3.8, 4) is 11.5 Å². The summed E-state index contributed by atoms with van der Waals surface area (Å²) in [5.41, 5.74) is 3.72. The van der Waals surface area contributed by atoms with Crippen molar-refractivity contribution < 1.29 is 18.7 Å². The number of benzene rings is 2. The van der Waals surface area contributed by atoms with E-state index in [1.165, 1.54) is 25.1 Å². The average molecular weight is 543 g/mol. The maximum Gasteiger partial charge on any atom is 0.263 e. The van der Waals surface area contributed by atoms with Gasteiger partial charge in [0.15, 0.2) is 0 Å². The number of pyridine rings is 1. The summed E-state index contributed by atoms with van der Waals surface area (Å²) in [6.45, 7) is 3.25. The number of fused-ring (bicyclic) bond motifs is 2. The van der Waals surface area contributed by atoms with E-state index in [-0.39, 0.29) is 11.8 Å². The lowest BCUT2D eigenvalue weighted by Crippen LogP contribution is -2.45. The predicted octanol–water partition coefficient (Wildman–Crippen LogP) is 5.97. The Bertz CT molecular complexity index is 1620. The molecular formula is C30H27ClN4O4. The number of aromatic nitrogens is 1. The molecule has 8 nitrogen and oxygen atoms in total. The van der Waals surface area contributed by atoms with E-state index in [2.05, 4.69) is 21.3 Å². The van der Waals surface area contributed by atoms with Crippen molar-refractivity contribution in [2.45, 2.75) is 25.8 Å². The van der Waals surface area contributed by atoms with E-state index in [9.17, 15) is 9.59 Å². The Morgan fingerprint density at radius 3 is 2.69 bits per heavy atom. The Labute approximate surface area is 230 Å². The lowest BCUT2D eigenvalue weighted by atomic mass is 10.1. The van der Waals surface area contributed by atoms with Gasteiger partial charge in [0, 0.05) is 61.7 Å². The Kier molecular flexibility index (Phi) is 6.48. The maximum absolute atomic E-state index is 13.9. The summed E-state index contributed by atoms with van der Waals surface area (Å²) in [6, 6.07) is 13.7. The largest absolute Gasteiger partial charge is 0.456 e. The summed E-state index contributed by atoms with van der Waals surface area (Å²) >= 11 is 6.58. The molecule has 2 aromatic carbocycles. The molecule has 39 heavy (non-hydrogen) atoms. The van der Waals surface area contributed by atoms with Crippen molar-refractivity contribution in [1.29, 1.82) is 0 Å². The van der Waals surface area contributed by atoms with E-state index < -0.39 is 0 Å². The van der Waals surface area contributed by atoms with Gasteiger partial charge in [-0.1, -0.05) is 23.7 Å². The normalized spacial score (nSPS) is 15.1. The first-order valence-corrected chi connectivity index (χ1v) is 13.2. The molecule has 2 aliphatic rings. The van der Waals surface area contributed by atoms with Gasteiger partial charge in [-0.3, -0.25) is 14.6 Å². The zero-order valence-corrected chi connectivity index (χ0v) is 22.4. The van der Waals surface area contributed by atoms with Crippen LogP contribution in [-0.2, 0) is 4.79 Å². The second-order valence-corrected chi connectivity index (χ2v) is 10.1. The van der Waals surface area contributed by atoms with E-state index in [1.54, 1.807) is 42.4 Å². The van der Waals surface area contributed by atoms with Crippen molar-refractivity contribution in [2.24, 2.45) is 0 Å². The number of nitrogens with zero attached hydrogens (tertiary/aromatic N) is 3. The third-order valence-electron chi connectivity index (χ3n) is 7.17. The van der Waals surface area contributed by atoms with Crippen LogP contribution in [-0.4, -0.2) is 43.0 Å². The molecule has 4 aromatic rings. The summed E-state index contributed by atoms with van der Waals surface area (Å²) in [4.78, 5) is 33.9. The molecule has 198 valence electrons. The highest BCUT2D eigenvalue weighted by atomic mass is 35.5. The Hall–Kier alpha value is -4.30. The van der Waals surface area contributed by atoms with Crippen LogP contribution in [0.5, 0.6) is 11.5 Å². The van der Waals surface area contributed by atoms with Crippen molar-refractivity contribution in [3.63, 3.8) is 0 Å². The number of carbonyl (C=O) groups is 2. The molecule has 1 saturated carbocycles. The molecule has 0 radical (unpaired) electrons. The Morgan fingerprint density at radius 2 is 1.92 bits per heavy atom. The average Bonchev–Trinajstić information content (AvgIpc) is 3.76. The molecule has 3 heterocycles. The highest BCUT2D eigenvalue weighted by Crippen LogP contribution is 2.42. The van der Waals surface area contributed by atoms with E-state index >= 15 is 0 Å². The van der Waals surface area contributed by atoms with Gasteiger partial charge in [0.1, 0.15) is 28.4 Å². The summed E-state index contributed by atoms with van der Waals surface area (Å²) in [6.07, 6.45) is 8.52. The van der Waals surface area contributed by atoms with Crippen LogP contribution in [0.3, 0.4) is 0 Å². The van der Waals surface area contributed by atoms with Gasteiger partial charge in [-0.25, -0.2) is 0 Å². The van der Waals surface area contributed by atoms with Crippen LogP contribution >= 0.6 is 11.6 Å². The van der Waals surface area contributed by atoms with Crippen molar-refractivity contribution in [3.05, 3.63) is 82.8 Å². The van der Waals surface area contributed by atoms with Crippen LogP contribution in [0.1, 0.15) is 34.5 Å². The number of carbonyl (C=O) groups excluding carboxylic acids is 2. The molecule has 1 N–H and O–H groups in total. The van der Waals surface area contributed by atoms with Gasteiger partial charge < -0.3 is 24.3 Å². The fourth-order valence-corrected chi connectivity index (χ4v) is 5.16. The minimum Gasteiger partial charge on any atom is -0.456 e. The van der Waals surface area contributed by atoms with Crippen molar-refractivity contribution >= 4 is 51.8 Å². The number of para-hydroxylation sites is 2. The number of nitrogens with one attached hydrogen (secondary N) is 1. The summed E-state index contributed by atoms with van der Waals surface area (Å²) < 4.78 is 12.1. The first kappa shape index (κ1) is 25.0. The first-order chi connectivity index (χ1) is 18.9. The minimum atomic E-state index is -0.233. The predicted molar refractivity (Wildman–Crippen MR) is 152 cm³/mol. The van der Waals surface area contributed by atoms with Crippen LogP contribution in [0, 0.1) is 6.92 Å². The number of aryl methyl sites for hydroxylation is 1. The maximum atomic E-state index is 13.9. The number of hydrogen-bond acceptors (Lipinski definition) is 6. The minimum absolute atomic E-state index is 0.181. The number of anilines is 2. The van der Waals surface area contributed by atoms with E-state index in [1.807, 2.05) is 25.1 Å². The molecule has 0 bridgehead atoms. The highest BCUT2D eigenvalue weighted by molar-refractivity contribution is 6.32. The Balaban J connectivity index is 1.31. The molecule has 0 atom stereocenters. The molecule has 9 heteroatoms. The standard InChI is InChI=1S/C30H27ClN4O4/c1-18-20-15-28(22(31)16-27(20)38-25(18)9-10-29(36)32-2)39-26-11-12-33-17-21(26)30(37)35-14-13-34(19-7-8-19)23-5-3-4-6-24(23)35/h3-6,9-12,15-17,19H,7-8,13-14H2,1-2H3,(H,32,36)/b10-9+. The molecule has 0 unspecified atom stereocenters. The number of hydrogen-bond donors (Lipinski definition) is 1. The van der Waals surface area contributed by atoms with Gasteiger partial charge in [-0.2, -0.15) is 0 Å². The fourth-order valence-electron chi connectivity index (χ4n) is 4.97. The second kappa shape index (κ2) is 10.1. The molecule has 0 spiro atoms. The molecule has 1 aliphatic carbocycles. The van der Waals surface area contributed by atoms with E-state index in [0.717, 1.165) is 28.9 Å². The smallest absolute Gasteiger partial charge is 0.263 e. The first-order valence-electron chi connectivity index (χ1n) is 12.9. The number of furan rings is 1. The summed E-state index contributed by atoms with van der Waals surface area (Å²) in [5.74, 6) is 0.877. The van der Waals surface area contributed by atoms with Crippen molar-refractivity contribution in [1.82, 2.24) is 10.3 Å². The van der Waals surface area contributed by atoms with Gasteiger partial charge in [-0.15, -0.1) is 0 Å². The molecular weight excluding hydrogens is 516 g/mol. The SMILES string of the molecule is CNC(=O)/C=C/c1oc2cc(Cl)c(Oc3ccncc3C(=O)N3CCN(C4CC4)c4ccccc43)cc2c1C. The number of rotatable bonds is 6. The topological polar surface area (TPSA) is 87.9 Å². The fraction of sp³-hybridized carbons (Fsp3) is 0.233. The molecule has 1 fully saturated rings. The lowest BCUT2D eigenvalue weighted by Gasteiger charge is -2.38. The van der Waals surface area contributed by atoms with Crippen LogP contribution in [0.25, 0.3) is 17.0 Å². The molecule has 2 aromatic heterocycles. The Morgan fingerprint density at radius 1 is 1.13 bits per heavy atom. The molecule has 6 rings (SSSR count). The number of ether oxygens (including phenoxy) is 1. The van der Waals surface area contributed by atoms with Gasteiger partial charge >= 0.3 is 0 Å². The highest BCUT2D eigenvalue weighted by Gasteiger charge is 2.36. The number of likely N-dealkylation sites (N-methyl/N-ethyl adjacent to an activating group) is 1. The number of amides is 2. The summed E-state index contributed by atoms with van der Waals surface area (Å²) in [7, 11) is 1.56. The second-order valence-electron chi connectivity index (χ2n) is 9.66. The van der Waals surface area contributed by atoms with Gasteiger partial charge in [0.25, 0.3) is 5.91 Å². The van der Waals surface area contributed by atoms with Gasteiger partial charge in [0.05, 0.1) is 16.4 Å². The zero-order valence-electron chi connectivity index (χ0n) is 21.6. The van der Waals surface area contributed by atoms with Gasteiger partial charge in [0.2, 0.25) is 5.91 Å². The third kappa shape index (κ3) is 4.72. The van der Waals surface area contributed by atoms with Crippen LogP contribution in [0.4, 0.5) is 11.4 Å². The quantitative estimate of drug-likeness (QED) is 0.302. The van der Waals surface area contributed by atoms with Crippen LogP contribution in [0.2, 0.25) is 5.02 Å². The third-order valence-corrected chi connectivity index (χ3v) is 7.47. The monoisotopic (exact) mass is 542 g/mol. The van der Waals surface area contributed by atoms with Crippen LogP contribution < -0.4 is 19.9 Å². The van der Waals surface area contributed by atoms with Crippen molar-refractivity contribution in [2.75, 3.05) is 29.9 Å². The number of halogens is 1. The lowest BCUT2D eigenvalue weighted by molar-refractivity contribution is -0.115. The van der Waals surface area contributed by atoms with Gasteiger partial charge in [-0.05, 0) is 50.1 Å². The molecule has 1 aliphatic heterocycles. The van der Waals surface area contributed by atoms with E-state index in [4.69, 9.17) is 20.8 Å². The molecule has 0 saturated heterocycles. The van der Waals surface area contributed by atoms with Crippen LogP contribution in [0.15, 0.2) is 65.4 Å². The van der Waals surface area contributed by atoms with E-state index in [0.29, 0.717) is 46.0 Å². The summed E-state index contributed by atoms with van der Waals surface area (Å²) in [5, 5.41) is 3.66. The zero-order chi connectivity index (χ0) is 27.1. The molecule has 2 amide bonds.